The molecular weight excluding hydrogens is 568 g/mol. The van der Waals surface area contributed by atoms with Crippen LogP contribution in [0.5, 0.6) is 0 Å². The number of piperidine rings is 1. The highest BCUT2D eigenvalue weighted by atomic mass is 16.6. The third kappa shape index (κ3) is 10.1. The van der Waals surface area contributed by atoms with Crippen molar-refractivity contribution in [1.82, 2.24) is 9.80 Å². The Morgan fingerprint density at radius 2 is 1.47 bits per heavy atom. The third-order valence-electron chi connectivity index (χ3n) is 8.06. The molecule has 2 fully saturated rings. The minimum atomic E-state index is -0.658. The molecule has 0 bridgehead atoms. The topological polar surface area (TPSA) is 91.4 Å². The van der Waals surface area contributed by atoms with Crippen molar-refractivity contribution in [3.05, 3.63) is 66.6 Å². The molecule has 0 spiro atoms. The smallest absolute Gasteiger partial charge is 0.412 e. The Balaban J connectivity index is 1.60. The van der Waals surface area contributed by atoms with Crippen LogP contribution in [0.2, 0.25) is 0 Å². The summed E-state index contributed by atoms with van der Waals surface area (Å²) in [5.41, 5.74) is 1.63. The van der Waals surface area contributed by atoms with Crippen molar-refractivity contribution in [2.45, 2.75) is 104 Å². The molecule has 9 nitrogen and oxygen atoms in total. The fourth-order valence-corrected chi connectivity index (χ4v) is 5.96. The number of urea groups is 1. The van der Waals surface area contributed by atoms with Gasteiger partial charge in [-0.15, -0.1) is 0 Å². The number of nitrogens with one attached hydrogen (secondary N) is 1. The van der Waals surface area contributed by atoms with Crippen LogP contribution in [0.4, 0.5) is 25.8 Å². The number of rotatable bonds is 7. The highest BCUT2D eigenvalue weighted by molar-refractivity contribution is 5.99. The molecular formula is C36H50N4O5. The number of nitrogens with zero attached hydrogens (tertiary/aromatic N) is 3. The summed E-state index contributed by atoms with van der Waals surface area (Å²) in [6.07, 6.45) is 4.53. The maximum atomic E-state index is 14.8. The Bertz CT molecular complexity index is 1300. The third-order valence-corrected chi connectivity index (χ3v) is 8.06. The number of hydrogen-bond acceptors (Lipinski definition) is 5. The van der Waals surface area contributed by atoms with Crippen LogP contribution in [0, 0.1) is 12.8 Å². The van der Waals surface area contributed by atoms with Crippen LogP contribution in [0.1, 0.15) is 91.2 Å². The average molecular weight is 619 g/mol. The number of ether oxygens (including phenoxy) is 2. The maximum Gasteiger partial charge on any atom is 0.412 e. The molecule has 0 unspecified atom stereocenters. The van der Waals surface area contributed by atoms with Gasteiger partial charge in [0.05, 0.1) is 11.4 Å². The highest BCUT2D eigenvalue weighted by Gasteiger charge is 2.35. The van der Waals surface area contributed by atoms with E-state index >= 15 is 0 Å². The first-order valence-electron chi connectivity index (χ1n) is 16.2. The molecule has 4 rings (SSSR count). The van der Waals surface area contributed by atoms with Crippen LogP contribution in [-0.4, -0.2) is 64.9 Å². The van der Waals surface area contributed by atoms with E-state index in [0.29, 0.717) is 43.1 Å². The van der Waals surface area contributed by atoms with E-state index in [2.05, 4.69) is 5.32 Å². The molecule has 4 amide bonds. The van der Waals surface area contributed by atoms with Crippen molar-refractivity contribution in [2.75, 3.05) is 29.9 Å². The van der Waals surface area contributed by atoms with Crippen LogP contribution < -0.4 is 10.2 Å². The van der Waals surface area contributed by atoms with Crippen molar-refractivity contribution < 1.29 is 23.9 Å². The zero-order valence-electron chi connectivity index (χ0n) is 27.8. The lowest BCUT2D eigenvalue weighted by Gasteiger charge is -2.39. The first-order chi connectivity index (χ1) is 21.2. The molecule has 0 atom stereocenters. The Morgan fingerprint density at radius 1 is 0.867 bits per heavy atom. The number of para-hydroxylation sites is 2. The molecule has 9 heteroatoms. The number of carbonyl (C=O) groups is 3. The number of carbonyl (C=O) groups excluding carboxylic acids is 3. The first kappa shape index (κ1) is 34.1. The van der Waals surface area contributed by atoms with Crippen LogP contribution in [-0.2, 0) is 16.0 Å². The predicted octanol–water partition coefficient (Wildman–Crippen LogP) is 8.11. The van der Waals surface area contributed by atoms with Crippen LogP contribution in [0.3, 0.4) is 0 Å². The van der Waals surface area contributed by atoms with Gasteiger partial charge in [0, 0.05) is 32.2 Å². The van der Waals surface area contributed by atoms with E-state index in [1.165, 1.54) is 0 Å². The van der Waals surface area contributed by atoms with Gasteiger partial charge >= 0.3 is 18.2 Å². The van der Waals surface area contributed by atoms with E-state index in [4.69, 9.17) is 16.4 Å². The summed E-state index contributed by atoms with van der Waals surface area (Å²) in [6.45, 7) is 19.2. The van der Waals surface area contributed by atoms with E-state index in [1.807, 2.05) is 99.9 Å². The second-order valence-electron chi connectivity index (χ2n) is 14.3. The van der Waals surface area contributed by atoms with Crippen LogP contribution in [0.15, 0.2) is 48.5 Å². The Labute approximate surface area is 269 Å². The van der Waals surface area contributed by atoms with Crippen LogP contribution in [0.25, 0.3) is 0 Å². The maximum absolute atomic E-state index is 14.8. The number of anilines is 2. The zero-order valence-corrected chi connectivity index (χ0v) is 27.8. The molecule has 1 N–H and O–H groups in total. The fourth-order valence-electron chi connectivity index (χ4n) is 5.96. The summed E-state index contributed by atoms with van der Waals surface area (Å²) in [4.78, 5) is 45.8. The lowest BCUT2D eigenvalue weighted by Crippen LogP contribution is -2.50. The number of likely N-dealkylation sites (tertiary alicyclic amines) is 1. The van der Waals surface area contributed by atoms with Gasteiger partial charge in [-0.1, -0.05) is 49.2 Å². The molecule has 2 aromatic carbocycles. The Hall–Kier alpha value is -3.75. The van der Waals surface area contributed by atoms with E-state index in [0.717, 1.165) is 44.1 Å². The quantitative estimate of drug-likeness (QED) is 0.339. The molecule has 2 aromatic rings. The zero-order chi connectivity index (χ0) is 32.8. The van der Waals surface area contributed by atoms with Gasteiger partial charge in [-0.3, -0.25) is 10.2 Å². The molecule has 1 heterocycles. The average Bonchev–Trinajstić information content (AvgIpc) is 3.48. The molecule has 1 saturated heterocycles. The molecule has 2 radical (unpaired) electrons. The first-order valence-corrected chi connectivity index (χ1v) is 16.2. The number of benzene rings is 2. The molecule has 0 aromatic heterocycles. The SMILES string of the molecule is [CH]c1ccc(CN(CC2CCN(C(=O)OC(C)(C)C)CC2)C(=O)N(c2ccccc2NC(=O)OC(C)(C)C)C2CCCC2)cc1. The van der Waals surface area contributed by atoms with Crippen molar-refractivity contribution in [1.29, 1.82) is 0 Å². The van der Waals surface area contributed by atoms with E-state index in [-0.39, 0.29) is 24.1 Å². The molecule has 1 aliphatic heterocycles. The molecule has 244 valence electrons. The normalized spacial score (nSPS) is 16.3. The van der Waals surface area contributed by atoms with E-state index in [9.17, 15) is 14.4 Å². The van der Waals surface area contributed by atoms with Crippen molar-refractivity contribution >= 4 is 29.6 Å². The van der Waals surface area contributed by atoms with Gasteiger partial charge in [0.25, 0.3) is 0 Å². The van der Waals surface area contributed by atoms with Crippen molar-refractivity contribution in [3.63, 3.8) is 0 Å². The summed E-state index contributed by atoms with van der Waals surface area (Å²) >= 11 is 0. The minimum Gasteiger partial charge on any atom is -0.444 e. The molecule has 1 aliphatic carbocycles. The van der Waals surface area contributed by atoms with Gasteiger partial charge in [-0.25, -0.2) is 14.4 Å². The molecule has 45 heavy (non-hydrogen) atoms. The summed E-state index contributed by atoms with van der Waals surface area (Å²) in [5.74, 6) is 0.210. The standard InChI is InChI=1S/C36H50N4O5/c1-26-16-18-27(19-17-26)24-39(25-28-20-22-38(23-21-28)34(43)45-36(5,6)7)33(42)40(29-12-8-9-13-29)31-15-11-10-14-30(31)37-32(41)44-35(2,3)4/h1,10-11,14-19,28-29H,8-9,12-13,20-25H2,2-7H3,(H,37,41). The predicted molar refractivity (Wildman–Crippen MR) is 177 cm³/mol. The summed E-state index contributed by atoms with van der Waals surface area (Å²) in [7, 11) is 0. The summed E-state index contributed by atoms with van der Waals surface area (Å²) in [5, 5.41) is 2.90. The molecule has 1 saturated carbocycles. The van der Waals surface area contributed by atoms with Crippen LogP contribution >= 0.6 is 0 Å². The minimum absolute atomic E-state index is 0.00187. The van der Waals surface area contributed by atoms with Gasteiger partial charge in [0.1, 0.15) is 11.2 Å². The van der Waals surface area contributed by atoms with Gasteiger partial charge in [-0.05, 0) is 103 Å². The van der Waals surface area contributed by atoms with Gasteiger partial charge in [0.2, 0.25) is 0 Å². The Morgan fingerprint density at radius 3 is 2.07 bits per heavy atom. The number of hydrogen-bond donors (Lipinski definition) is 1. The largest absolute Gasteiger partial charge is 0.444 e. The number of amides is 4. The summed E-state index contributed by atoms with van der Waals surface area (Å²) < 4.78 is 11.1. The second kappa shape index (κ2) is 14.6. The van der Waals surface area contributed by atoms with E-state index in [1.54, 1.807) is 4.90 Å². The monoisotopic (exact) mass is 618 g/mol. The lowest BCUT2D eigenvalue weighted by molar-refractivity contribution is 0.0173. The van der Waals surface area contributed by atoms with E-state index < -0.39 is 17.3 Å². The molecule has 2 aliphatic rings. The van der Waals surface area contributed by atoms with Crippen molar-refractivity contribution in [2.24, 2.45) is 5.92 Å². The Kier molecular flexibility index (Phi) is 11.0. The fraction of sp³-hybridized carbons (Fsp3) is 0.556. The second-order valence-corrected chi connectivity index (χ2v) is 14.3. The highest BCUT2D eigenvalue weighted by Crippen LogP contribution is 2.35. The summed E-state index contributed by atoms with van der Waals surface area (Å²) in [6, 6.07) is 15.0. The van der Waals surface area contributed by atoms with Crippen molar-refractivity contribution in [3.8, 4) is 0 Å². The lowest BCUT2D eigenvalue weighted by atomic mass is 9.96. The van der Waals surface area contributed by atoms with Gasteiger partial charge < -0.3 is 19.3 Å². The van der Waals surface area contributed by atoms with Gasteiger partial charge in [-0.2, -0.15) is 0 Å². The van der Waals surface area contributed by atoms with Gasteiger partial charge in [0.15, 0.2) is 0 Å².